The summed E-state index contributed by atoms with van der Waals surface area (Å²) in [6.45, 7) is 12.6. The van der Waals surface area contributed by atoms with Crippen molar-refractivity contribution >= 4 is 28.3 Å². The first kappa shape index (κ1) is 24.7. The molecule has 160 valence electrons. The highest BCUT2D eigenvalue weighted by Crippen LogP contribution is 2.24. The molecule has 0 spiro atoms. The highest BCUT2D eigenvalue weighted by Gasteiger charge is 2.25. The first-order chi connectivity index (χ1) is 13.2. The first-order valence-electron chi connectivity index (χ1n) is 9.84. The molecule has 0 saturated carbocycles. The van der Waals surface area contributed by atoms with E-state index in [0.29, 0.717) is 24.0 Å². The summed E-state index contributed by atoms with van der Waals surface area (Å²) in [6.07, 6.45) is 11.1. The Morgan fingerprint density at radius 3 is 2.46 bits per heavy atom. The van der Waals surface area contributed by atoms with Crippen LogP contribution in [-0.2, 0) is 10.0 Å². The minimum absolute atomic E-state index is 0.555. The maximum Gasteiger partial charge on any atom is 0.211 e. The fourth-order valence-corrected chi connectivity index (χ4v) is 4.56. The van der Waals surface area contributed by atoms with Gasteiger partial charge in [0.2, 0.25) is 10.0 Å². The number of allylic oxidation sites excluding steroid dienone is 5. The van der Waals surface area contributed by atoms with Gasteiger partial charge in [0.25, 0.3) is 0 Å². The van der Waals surface area contributed by atoms with Gasteiger partial charge in [-0.3, -0.25) is 5.43 Å². The summed E-state index contributed by atoms with van der Waals surface area (Å²) in [5, 5.41) is 4.26. The molecule has 0 radical (unpaired) electrons. The lowest BCUT2D eigenvalue weighted by Gasteiger charge is -2.32. The molecule has 0 aromatic heterocycles. The Hall–Kier alpha value is -1.31. The topological polar surface area (TPSA) is 65.0 Å². The lowest BCUT2D eigenvalue weighted by atomic mass is 9.94. The van der Waals surface area contributed by atoms with Gasteiger partial charge in [-0.05, 0) is 57.6 Å². The van der Waals surface area contributed by atoms with Crippen LogP contribution in [0.3, 0.4) is 0 Å². The molecule has 1 aliphatic heterocycles. The van der Waals surface area contributed by atoms with Gasteiger partial charge in [-0.15, -0.1) is 0 Å². The lowest BCUT2D eigenvalue weighted by Crippen LogP contribution is -2.38. The summed E-state index contributed by atoms with van der Waals surface area (Å²) < 4.78 is 24.9. The number of nitrogens with zero attached hydrogens (tertiary/aromatic N) is 3. The van der Waals surface area contributed by atoms with Crippen molar-refractivity contribution in [2.24, 2.45) is 11.0 Å². The molecular weight excluding hydrogens is 396 g/mol. The van der Waals surface area contributed by atoms with Crippen molar-refractivity contribution < 1.29 is 8.42 Å². The highest BCUT2D eigenvalue weighted by atomic mass is 35.5. The van der Waals surface area contributed by atoms with Gasteiger partial charge in [0.05, 0.1) is 6.26 Å². The first-order valence-corrected chi connectivity index (χ1v) is 12.1. The Kier molecular flexibility index (Phi) is 10.9. The molecule has 1 fully saturated rings. The van der Waals surface area contributed by atoms with Crippen LogP contribution in [0.15, 0.2) is 39.8 Å². The Labute approximate surface area is 176 Å². The molecule has 0 bridgehead atoms. The standard InChI is InChI=1S/C20H35ClN4O2S/c1-6-11-24(20(7-2)16-19(21)15-17(3)23-22-4)12-8-18-9-13-25(14-10-18)28(5,26)27/h7,15-16,18,23H,4,6,8-14H2,1-3,5H3/b17-15+,19-16+,20-7+. The number of sulfonamides is 1. The van der Waals surface area contributed by atoms with E-state index >= 15 is 0 Å². The van der Waals surface area contributed by atoms with Crippen molar-refractivity contribution in [3.05, 3.63) is 34.7 Å². The van der Waals surface area contributed by atoms with Gasteiger partial charge in [-0.2, -0.15) is 5.10 Å². The summed E-state index contributed by atoms with van der Waals surface area (Å²) in [5.41, 5.74) is 4.69. The summed E-state index contributed by atoms with van der Waals surface area (Å²) in [5.74, 6) is 0.555. The Morgan fingerprint density at radius 1 is 1.32 bits per heavy atom. The molecule has 0 atom stereocenters. The SMILES string of the molecule is C=NN/C(C)=C/C(Cl)=C\C(=C/C)N(CCC)CCC1CCN(S(C)(=O)=O)CC1. The van der Waals surface area contributed by atoms with Gasteiger partial charge in [0, 0.05) is 49.3 Å². The molecule has 0 aromatic rings. The van der Waals surface area contributed by atoms with E-state index in [4.69, 9.17) is 11.6 Å². The third-order valence-electron chi connectivity index (χ3n) is 4.90. The number of halogens is 1. The van der Waals surface area contributed by atoms with E-state index in [0.717, 1.165) is 50.2 Å². The predicted molar refractivity (Wildman–Crippen MR) is 120 cm³/mol. The van der Waals surface area contributed by atoms with E-state index in [1.165, 1.54) is 6.26 Å². The van der Waals surface area contributed by atoms with Crippen LogP contribution in [0.25, 0.3) is 0 Å². The Morgan fingerprint density at radius 2 is 1.96 bits per heavy atom. The maximum absolute atomic E-state index is 11.7. The molecule has 6 nitrogen and oxygen atoms in total. The van der Waals surface area contributed by atoms with Crippen LogP contribution in [0.5, 0.6) is 0 Å². The zero-order valence-corrected chi connectivity index (χ0v) is 19.2. The number of piperidine rings is 1. The van der Waals surface area contributed by atoms with Gasteiger partial charge in [-0.25, -0.2) is 12.7 Å². The van der Waals surface area contributed by atoms with Gasteiger partial charge in [0.15, 0.2) is 0 Å². The monoisotopic (exact) mass is 430 g/mol. The van der Waals surface area contributed by atoms with Crippen LogP contribution in [0.2, 0.25) is 0 Å². The van der Waals surface area contributed by atoms with E-state index in [1.54, 1.807) is 4.31 Å². The minimum atomic E-state index is -3.06. The third kappa shape index (κ3) is 8.80. The fourth-order valence-electron chi connectivity index (χ4n) is 3.41. The van der Waals surface area contributed by atoms with E-state index in [-0.39, 0.29) is 0 Å². The van der Waals surface area contributed by atoms with Crippen LogP contribution in [-0.4, -0.2) is 56.8 Å². The van der Waals surface area contributed by atoms with Crippen molar-refractivity contribution in [2.45, 2.75) is 46.5 Å². The summed E-state index contributed by atoms with van der Waals surface area (Å²) >= 11 is 6.39. The summed E-state index contributed by atoms with van der Waals surface area (Å²) in [6, 6.07) is 0. The minimum Gasteiger partial charge on any atom is -0.372 e. The molecule has 28 heavy (non-hydrogen) atoms. The number of hydrogen-bond donors (Lipinski definition) is 1. The molecule has 1 heterocycles. The second-order valence-electron chi connectivity index (χ2n) is 7.22. The molecule has 8 heteroatoms. The molecule has 1 N–H and O–H groups in total. The van der Waals surface area contributed by atoms with Gasteiger partial charge < -0.3 is 4.90 Å². The van der Waals surface area contributed by atoms with E-state index in [9.17, 15) is 8.42 Å². The smallest absolute Gasteiger partial charge is 0.211 e. The molecule has 1 saturated heterocycles. The molecule has 1 aliphatic rings. The zero-order valence-electron chi connectivity index (χ0n) is 17.6. The van der Waals surface area contributed by atoms with Crippen LogP contribution < -0.4 is 5.43 Å². The fraction of sp³-hybridized carbons (Fsp3) is 0.650. The zero-order chi connectivity index (χ0) is 21.2. The predicted octanol–water partition coefficient (Wildman–Crippen LogP) is 3.90. The van der Waals surface area contributed by atoms with Gasteiger partial charge in [0.1, 0.15) is 0 Å². The molecular formula is C20H35ClN4O2S. The van der Waals surface area contributed by atoms with Crippen molar-refractivity contribution in [2.75, 3.05) is 32.4 Å². The number of rotatable bonds is 11. The van der Waals surface area contributed by atoms with Crippen LogP contribution >= 0.6 is 11.6 Å². The second kappa shape index (κ2) is 12.3. The van der Waals surface area contributed by atoms with E-state index in [2.05, 4.69) is 35.1 Å². The lowest BCUT2D eigenvalue weighted by molar-refractivity contribution is 0.237. The number of nitrogens with one attached hydrogen (secondary N) is 1. The average molecular weight is 431 g/mol. The van der Waals surface area contributed by atoms with Gasteiger partial charge in [-0.1, -0.05) is 24.6 Å². The molecule has 0 aromatic carbocycles. The Balaban J connectivity index is 2.70. The molecule has 0 amide bonds. The third-order valence-corrected chi connectivity index (χ3v) is 6.42. The average Bonchev–Trinajstić information content (AvgIpc) is 2.63. The highest BCUT2D eigenvalue weighted by molar-refractivity contribution is 7.88. The molecule has 1 rings (SSSR count). The Bertz CT molecular complexity index is 693. The maximum atomic E-state index is 11.7. The van der Waals surface area contributed by atoms with E-state index < -0.39 is 10.0 Å². The molecule has 0 aliphatic carbocycles. The number of hydrazone groups is 1. The molecule has 0 unspecified atom stereocenters. The second-order valence-corrected chi connectivity index (χ2v) is 9.64. The quantitative estimate of drug-likeness (QED) is 0.306. The normalized spacial score (nSPS) is 18.2. The van der Waals surface area contributed by atoms with Crippen molar-refractivity contribution in [3.63, 3.8) is 0 Å². The van der Waals surface area contributed by atoms with Crippen LogP contribution in [0.1, 0.15) is 46.5 Å². The summed E-state index contributed by atoms with van der Waals surface area (Å²) in [4.78, 5) is 2.35. The van der Waals surface area contributed by atoms with Crippen molar-refractivity contribution in [3.8, 4) is 0 Å². The van der Waals surface area contributed by atoms with Gasteiger partial charge >= 0.3 is 0 Å². The summed E-state index contributed by atoms with van der Waals surface area (Å²) in [7, 11) is -3.06. The largest absolute Gasteiger partial charge is 0.372 e. The van der Waals surface area contributed by atoms with Crippen molar-refractivity contribution in [1.82, 2.24) is 14.6 Å². The van der Waals surface area contributed by atoms with Crippen molar-refractivity contribution in [1.29, 1.82) is 0 Å². The van der Waals surface area contributed by atoms with E-state index in [1.807, 2.05) is 26.0 Å². The van der Waals surface area contributed by atoms with Crippen LogP contribution in [0, 0.1) is 5.92 Å². The number of hydrogen-bond acceptors (Lipinski definition) is 5. The van der Waals surface area contributed by atoms with Crippen LogP contribution in [0.4, 0.5) is 0 Å².